The van der Waals surface area contributed by atoms with Crippen LogP contribution in [0.1, 0.15) is 17.5 Å². The zero-order valence-corrected chi connectivity index (χ0v) is 13.2. The van der Waals surface area contributed by atoms with Gasteiger partial charge in [0.25, 0.3) is 0 Å². The summed E-state index contributed by atoms with van der Waals surface area (Å²) in [4.78, 5) is 10.1. The second kappa shape index (κ2) is 6.52. The van der Waals surface area contributed by atoms with Gasteiger partial charge in [0.1, 0.15) is 0 Å². The number of fused-ring (bicyclic) bond motifs is 1. The van der Waals surface area contributed by atoms with Gasteiger partial charge in [-0.3, -0.25) is 9.88 Å². The maximum Gasteiger partial charge on any atom is 0.0457 e. The van der Waals surface area contributed by atoms with E-state index in [0.29, 0.717) is 6.04 Å². The number of rotatable bonds is 5. The highest BCUT2D eigenvalue weighted by Gasteiger charge is 2.22. The molecule has 0 saturated carbocycles. The first-order valence-electron chi connectivity index (χ1n) is 8.28. The van der Waals surface area contributed by atoms with E-state index in [4.69, 9.17) is 0 Å². The lowest BCUT2D eigenvalue weighted by atomic mass is 10.1. The Balaban J connectivity index is 1.32. The molecule has 1 aliphatic rings. The van der Waals surface area contributed by atoms with Crippen molar-refractivity contribution in [3.63, 3.8) is 0 Å². The van der Waals surface area contributed by atoms with E-state index in [1.165, 1.54) is 28.5 Å². The third kappa shape index (κ3) is 3.28. The Labute approximate surface area is 136 Å². The van der Waals surface area contributed by atoms with Crippen LogP contribution in [0.15, 0.2) is 55.0 Å². The molecule has 4 nitrogen and oxygen atoms in total. The molecule has 23 heavy (non-hydrogen) atoms. The number of aromatic nitrogens is 2. The van der Waals surface area contributed by atoms with Gasteiger partial charge in [-0.1, -0.05) is 24.3 Å². The summed E-state index contributed by atoms with van der Waals surface area (Å²) in [6.07, 6.45) is 7.13. The van der Waals surface area contributed by atoms with Crippen molar-refractivity contribution in [1.82, 2.24) is 20.2 Å². The standard InChI is InChI=1S/C19H22N4/c1-2-6-19-18(5-1)16(12-22-19)11-21-17-7-9-23(14-17)13-15-4-3-8-20-10-15/h1-6,8,10,12,17,21-22H,7,9,11,13-14H2/t17-/m0/s1. The molecule has 1 aliphatic heterocycles. The molecule has 3 aromatic rings. The number of nitrogens with zero attached hydrogens (tertiary/aromatic N) is 2. The zero-order chi connectivity index (χ0) is 15.5. The Kier molecular flexibility index (Phi) is 4.09. The van der Waals surface area contributed by atoms with Gasteiger partial charge in [-0.15, -0.1) is 0 Å². The Morgan fingerprint density at radius 2 is 2.17 bits per heavy atom. The van der Waals surface area contributed by atoms with E-state index >= 15 is 0 Å². The lowest BCUT2D eigenvalue weighted by molar-refractivity contribution is 0.319. The van der Waals surface area contributed by atoms with E-state index in [1.54, 1.807) is 0 Å². The van der Waals surface area contributed by atoms with Gasteiger partial charge in [0.15, 0.2) is 0 Å². The summed E-state index contributed by atoms with van der Waals surface area (Å²) in [5.41, 5.74) is 3.87. The molecule has 0 spiro atoms. The molecule has 1 fully saturated rings. The van der Waals surface area contributed by atoms with Crippen LogP contribution in [0, 0.1) is 0 Å². The molecule has 2 aromatic heterocycles. The van der Waals surface area contributed by atoms with E-state index in [-0.39, 0.29) is 0 Å². The normalized spacial score (nSPS) is 18.7. The fourth-order valence-corrected chi connectivity index (χ4v) is 3.42. The summed E-state index contributed by atoms with van der Waals surface area (Å²) in [7, 11) is 0. The summed E-state index contributed by atoms with van der Waals surface area (Å²) >= 11 is 0. The van der Waals surface area contributed by atoms with Gasteiger partial charge >= 0.3 is 0 Å². The van der Waals surface area contributed by atoms with Gasteiger partial charge in [-0.25, -0.2) is 0 Å². The Morgan fingerprint density at radius 3 is 3.09 bits per heavy atom. The van der Waals surface area contributed by atoms with Crippen molar-refractivity contribution in [2.45, 2.75) is 25.6 Å². The highest BCUT2D eigenvalue weighted by atomic mass is 15.2. The van der Waals surface area contributed by atoms with Crippen LogP contribution < -0.4 is 5.32 Å². The van der Waals surface area contributed by atoms with Gasteiger partial charge in [0.05, 0.1) is 0 Å². The van der Waals surface area contributed by atoms with Crippen LogP contribution in [0.2, 0.25) is 0 Å². The van der Waals surface area contributed by atoms with E-state index in [2.05, 4.69) is 56.7 Å². The van der Waals surface area contributed by atoms with Crippen molar-refractivity contribution in [3.8, 4) is 0 Å². The largest absolute Gasteiger partial charge is 0.361 e. The number of nitrogens with one attached hydrogen (secondary N) is 2. The molecule has 0 bridgehead atoms. The molecule has 0 aliphatic carbocycles. The Hall–Kier alpha value is -2.17. The van der Waals surface area contributed by atoms with Crippen molar-refractivity contribution in [2.75, 3.05) is 13.1 Å². The van der Waals surface area contributed by atoms with Crippen LogP contribution in [0.4, 0.5) is 0 Å². The third-order valence-electron chi connectivity index (χ3n) is 4.66. The van der Waals surface area contributed by atoms with Crippen molar-refractivity contribution >= 4 is 10.9 Å². The Morgan fingerprint density at radius 1 is 1.22 bits per heavy atom. The number of para-hydroxylation sites is 1. The third-order valence-corrected chi connectivity index (χ3v) is 4.66. The average Bonchev–Trinajstić information content (AvgIpc) is 3.21. The van der Waals surface area contributed by atoms with Crippen LogP contribution in [0.5, 0.6) is 0 Å². The molecular weight excluding hydrogens is 284 g/mol. The summed E-state index contributed by atoms with van der Waals surface area (Å²) in [6.45, 7) is 4.19. The number of hydrogen-bond donors (Lipinski definition) is 2. The molecule has 0 radical (unpaired) electrons. The minimum atomic E-state index is 0.570. The minimum Gasteiger partial charge on any atom is -0.361 e. The molecule has 1 atom stereocenters. The molecule has 4 rings (SSSR count). The smallest absolute Gasteiger partial charge is 0.0457 e. The summed E-state index contributed by atoms with van der Waals surface area (Å²) in [5.74, 6) is 0. The second-order valence-corrected chi connectivity index (χ2v) is 6.32. The Bertz CT molecular complexity index is 765. The molecule has 4 heteroatoms. The average molecular weight is 306 g/mol. The number of H-pyrrole nitrogens is 1. The predicted molar refractivity (Wildman–Crippen MR) is 93.1 cm³/mol. The molecule has 118 valence electrons. The quantitative estimate of drug-likeness (QED) is 0.762. The van der Waals surface area contributed by atoms with Crippen molar-refractivity contribution < 1.29 is 0 Å². The first-order chi connectivity index (χ1) is 11.4. The summed E-state index contributed by atoms with van der Waals surface area (Å²) in [6, 6.07) is 13.2. The van der Waals surface area contributed by atoms with Crippen molar-refractivity contribution in [3.05, 3.63) is 66.1 Å². The lowest BCUT2D eigenvalue weighted by Crippen LogP contribution is -2.31. The monoisotopic (exact) mass is 306 g/mol. The number of benzene rings is 1. The van der Waals surface area contributed by atoms with Crippen molar-refractivity contribution in [1.29, 1.82) is 0 Å². The van der Waals surface area contributed by atoms with Crippen LogP contribution in [-0.2, 0) is 13.1 Å². The molecule has 1 aromatic carbocycles. The fraction of sp³-hybridized carbons (Fsp3) is 0.316. The number of pyridine rings is 1. The van der Waals surface area contributed by atoms with E-state index in [1.807, 2.05) is 18.5 Å². The molecule has 0 unspecified atom stereocenters. The number of likely N-dealkylation sites (tertiary alicyclic amines) is 1. The zero-order valence-electron chi connectivity index (χ0n) is 13.2. The summed E-state index contributed by atoms with van der Waals surface area (Å²) < 4.78 is 0. The van der Waals surface area contributed by atoms with Crippen LogP contribution in [0.3, 0.4) is 0 Å². The minimum absolute atomic E-state index is 0.570. The number of aromatic amines is 1. The second-order valence-electron chi connectivity index (χ2n) is 6.32. The van der Waals surface area contributed by atoms with E-state index in [9.17, 15) is 0 Å². The first-order valence-corrected chi connectivity index (χ1v) is 8.28. The topological polar surface area (TPSA) is 44.0 Å². The predicted octanol–water partition coefficient (Wildman–Crippen LogP) is 2.93. The SMILES string of the molecule is c1cncc(CN2CC[C@H](NCc3c[nH]c4ccccc34)C2)c1. The molecule has 0 amide bonds. The van der Waals surface area contributed by atoms with Crippen LogP contribution >= 0.6 is 0 Å². The summed E-state index contributed by atoms with van der Waals surface area (Å²) in [5, 5.41) is 5.04. The lowest BCUT2D eigenvalue weighted by Gasteiger charge is -2.16. The maximum absolute atomic E-state index is 4.20. The molecule has 2 N–H and O–H groups in total. The van der Waals surface area contributed by atoms with Gasteiger partial charge in [0.2, 0.25) is 0 Å². The maximum atomic E-state index is 4.20. The highest BCUT2D eigenvalue weighted by molar-refractivity contribution is 5.82. The highest BCUT2D eigenvalue weighted by Crippen LogP contribution is 2.19. The molecule has 1 saturated heterocycles. The van der Waals surface area contributed by atoms with Crippen LogP contribution in [0.25, 0.3) is 10.9 Å². The van der Waals surface area contributed by atoms with Crippen molar-refractivity contribution in [2.24, 2.45) is 0 Å². The molecular formula is C19H22N4. The van der Waals surface area contributed by atoms with Gasteiger partial charge in [-0.2, -0.15) is 0 Å². The first kappa shape index (κ1) is 14.4. The van der Waals surface area contributed by atoms with Gasteiger partial charge in [-0.05, 0) is 29.7 Å². The molecule has 3 heterocycles. The van der Waals surface area contributed by atoms with E-state index < -0.39 is 0 Å². The van der Waals surface area contributed by atoms with Crippen LogP contribution in [-0.4, -0.2) is 34.0 Å². The number of hydrogen-bond acceptors (Lipinski definition) is 3. The fourth-order valence-electron chi connectivity index (χ4n) is 3.42. The van der Waals surface area contributed by atoms with Gasteiger partial charge in [0, 0.05) is 61.7 Å². The van der Waals surface area contributed by atoms with E-state index in [0.717, 1.165) is 26.2 Å². The van der Waals surface area contributed by atoms with Gasteiger partial charge < -0.3 is 10.3 Å².